The molecule has 0 fully saturated rings. The summed E-state index contributed by atoms with van der Waals surface area (Å²) < 4.78 is 5.01. The van der Waals surface area contributed by atoms with Crippen molar-refractivity contribution in [3.63, 3.8) is 0 Å². The van der Waals surface area contributed by atoms with Gasteiger partial charge >= 0.3 is 0 Å². The Labute approximate surface area is 142 Å². The first-order valence-corrected chi connectivity index (χ1v) is 8.03. The second-order valence-corrected chi connectivity index (χ2v) is 5.55. The fourth-order valence-corrected chi connectivity index (χ4v) is 2.45. The highest BCUT2D eigenvalue weighted by atomic mass is 16.5. The molecular formula is C20H23NO3. The number of hydrogen-bond donors (Lipinski definition) is 2. The summed E-state index contributed by atoms with van der Waals surface area (Å²) in [6.45, 7) is 0. The first-order valence-electron chi connectivity index (χ1n) is 8.03. The molecule has 0 aromatic heterocycles. The van der Waals surface area contributed by atoms with Crippen LogP contribution in [0.1, 0.15) is 30.4 Å². The number of aromatic hydroxyl groups is 1. The molecule has 2 N–H and O–H groups in total. The summed E-state index contributed by atoms with van der Waals surface area (Å²) in [5, 5.41) is 22.2. The summed E-state index contributed by atoms with van der Waals surface area (Å²) in [7, 11) is 1.51. The van der Waals surface area contributed by atoms with Gasteiger partial charge in [0.1, 0.15) is 0 Å². The molecule has 2 aromatic carbocycles. The highest BCUT2D eigenvalue weighted by Crippen LogP contribution is 2.26. The van der Waals surface area contributed by atoms with Crippen LogP contribution in [-0.2, 0) is 6.42 Å². The quantitative estimate of drug-likeness (QED) is 0.321. The number of aryl methyl sites for hydroxylation is 1. The summed E-state index contributed by atoms with van der Waals surface area (Å²) >= 11 is 0. The second-order valence-electron chi connectivity index (χ2n) is 5.55. The van der Waals surface area contributed by atoms with E-state index in [-0.39, 0.29) is 5.75 Å². The van der Waals surface area contributed by atoms with Crippen LogP contribution in [0.3, 0.4) is 0 Å². The van der Waals surface area contributed by atoms with Gasteiger partial charge in [0.15, 0.2) is 11.5 Å². The van der Waals surface area contributed by atoms with E-state index >= 15 is 0 Å². The van der Waals surface area contributed by atoms with Crippen molar-refractivity contribution < 1.29 is 15.1 Å². The molecule has 0 radical (unpaired) electrons. The number of unbranched alkanes of at least 4 members (excludes halogenated alkanes) is 1. The Morgan fingerprint density at radius 1 is 1.12 bits per heavy atom. The molecule has 0 aliphatic heterocycles. The lowest BCUT2D eigenvalue weighted by Crippen LogP contribution is -1.95. The molecule has 0 saturated carbocycles. The third-order valence-corrected chi connectivity index (χ3v) is 3.79. The van der Waals surface area contributed by atoms with Crippen LogP contribution < -0.4 is 4.74 Å². The highest BCUT2D eigenvalue weighted by Gasteiger charge is 2.01. The lowest BCUT2D eigenvalue weighted by atomic mass is 10.0. The van der Waals surface area contributed by atoms with E-state index in [1.807, 2.05) is 30.3 Å². The van der Waals surface area contributed by atoms with E-state index in [0.717, 1.165) is 24.8 Å². The summed E-state index contributed by atoms with van der Waals surface area (Å²) in [6, 6.07) is 15.5. The summed E-state index contributed by atoms with van der Waals surface area (Å²) in [5.74, 6) is 0.522. The van der Waals surface area contributed by atoms with Crippen LogP contribution in [0.25, 0.3) is 6.08 Å². The molecule has 4 heteroatoms. The molecule has 2 aromatic rings. The third kappa shape index (κ3) is 5.47. The van der Waals surface area contributed by atoms with Gasteiger partial charge in [-0.1, -0.05) is 47.6 Å². The zero-order valence-electron chi connectivity index (χ0n) is 13.9. The number of ether oxygens (including phenoxy) is 1. The number of allylic oxidation sites excluding steroid dienone is 1. The number of nitrogens with zero attached hydrogens (tertiary/aromatic N) is 1. The average molecular weight is 325 g/mol. The van der Waals surface area contributed by atoms with Gasteiger partial charge in [-0.2, -0.15) is 0 Å². The van der Waals surface area contributed by atoms with Crippen molar-refractivity contribution in [1.82, 2.24) is 0 Å². The second kappa shape index (κ2) is 9.40. The van der Waals surface area contributed by atoms with Gasteiger partial charge in [-0.25, -0.2) is 0 Å². The molecule has 0 saturated heterocycles. The molecule has 4 nitrogen and oxygen atoms in total. The van der Waals surface area contributed by atoms with E-state index in [0.29, 0.717) is 17.9 Å². The maximum atomic E-state index is 9.76. The van der Waals surface area contributed by atoms with E-state index < -0.39 is 0 Å². The molecule has 0 amide bonds. The number of hydrogen-bond acceptors (Lipinski definition) is 4. The van der Waals surface area contributed by atoms with Gasteiger partial charge in [-0.05, 0) is 55.0 Å². The predicted octanol–water partition coefficient (Wildman–Crippen LogP) is 4.66. The minimum Gasteiger partial charge on any atom is -0.504 e. The SMILES string of the molecule is COc1ccc(/C=C/C(CCCCc2ccccc2)=NO)cc1O. The van der Waals surface area contributed by atoms with E-state index in [9.17, 15) is 5.11 Å². The van der Waals surface area contributed by atoms with Crippen LogP contribution in [0, 0.1) is 0 Å². The minimum atomic E-state index is 0.0880. The molecule has 0 atom stereocenters. The van der Waals surface area contributed by atoms with Crippen molar-refractivity contribution >= 4 is 11.8 Å². The van der Waals surface area contributed by atoms with E-state index in [2.05, 4.69) is 17.3 Å². The maximum absolute atomic E-state index is 9.76. The molecule has 2 rings (SSSR count). The number of phenolic OH excluding ortho intramolecular Hbond substituents is 1. The fourth-order valence-electron chi connectivity index (χ4n) is 2.45. The minimum absolute atomic E-state index is 0.0880. The molecule has 0 aliphatic rings. The van der Waals surface area contributed by atoms with Gasteiger partial charge < -0.3 is 15.1 Å². The number of methoxy groups -OCH3 is 1. The van der Waals surface area contributed by atoms with Crippen molar-refractivity contribution in [1.29, 1.82) is 0 Å². The van der Waals surface area contributed by atoms with Crippen molar-refractivity contribution in [3.05, 3.63) is 65.7 Å². The first kappa shape index (κ1) is 17.6. The van der Waals surface area contributed by atoms with Crippen LogP contribution in [0.4, 0.5) is 0 Å². The Morgan fingerprint density at radius 3 is 2.58 bits per heavy atom. The molecule has 24 heavy (non-hydrogen) atoms. The fraction of sp³-hybridized carbons (Fsp3) is 0.250. The van der Waals surface area contributed by atoms with Crippen molar-refractivity contribution in [2.45, 2.75) is 25.7 Å². The normalized spacial score (nSPS) is 11.8. The van der Waals surface area contributed by atoms with Crippen LogP contribution in [0.2, 0.25) is 0 Å². The lowest BCUT2D eigenvalue weighted by molar-refractivity contribution is 0.318. The largest absolute Gasteiger partial charge is 0.504 e. The van der Waals surface area contributed by atoms with Gasteiger partial charge in [0.2, 0.25) is 0 Å². The average Bonchev–Trinajstić information content (AvgIpc) is 2.62. The summed E-state index contributed by atoms with van der Waals surface area (Å²) in [5.41, 5.74) is 2.77. The Kier molecular flexibility index (Phi) is 6.90. The third-order valence-electron chi connectivity index (χ3n) is 3.79. The Hall–Kier alpha value is -2.75. The number of phenols is 1. The molecule has 126 valence electrons. The number of benzene rings is 2. The summed E-state index contributed by atoms with van der Waals surface area (Å²) in [4.78, 5) is 0. The van der Waals surface area contributed by atoms with Crippen molar-refractivity contribution in [2.75, 3.05) is 7.11 Å². The van der Waals surface area contributed by atoms with Gasteiger partial charge in [-0.15, -0.1) is 0 Å². The Bertz CT molecular complexity index is 693. The Morgan fingerprint density at radius 2 is 1.92 bits per heavy atom. The topological polar surface area (TPSA) is 62.0 Å². The summed E-state index contributed by atoms with van der Waals surface area (Å²) in [6.07, 6.45) is 7.31. The van der Waals surface area contributed by atoms with Crippen LogP contribution in [-0.4, -0.2) is 23.1 Å². The van der Waals surface area contributed by atoms with Gasteiger partial charge in [0.25, 0.3) is 0 Å². The highest BCUT2D eigenvalue weighted by molar-refractivity contribution is 5.97. The van der Waals surface area contributed by atoms with Crippen LogP contribution in [0.15, 0.2) is 59.8 Å². The maximum Gasteiger partial charge on any atom is 0.160 e. The Balaban J connectivity index is 1.82. The van der Waals surface area contributed by atoms with Crippen molar-refractivity contribution in [2.24, 2.45) is 5.16 Å². The lowest BCUT2D eigenvalue weighted by Gasteiger charge is -2.04. The standard InChI is InChI=1S/C20H23NO3/c1-24-20-14-12-17(15-19(20)22)11-13-18(21-23)10-6-5-9-16-7-3-2-4-8-16/h2-4,7-8,11-15,22-23H,5-6,9-10H2,1H3/b13-11+,21-18?. The van der Waals surface area contributed by atoms with Crippen molar-refractivity contribution in [3.8, 4) is 11.5 Å². The monoisotopic (exact) mass is 325 g/mol. The zero-order valence-corrected chi connectivity index (χ0v) is 13.9. The molecule has 0 spiro atoms. The first-order chi connectivity index (χ1) is 11.7. The van der Waals surface area contributed by atoms with Gasteiger partial charge in [-0.3, -0.25) is 0 Å². The van der Waals surface area contributed by atoms with Crippen LogP contribution in [0.5, 0.6) is 11.5 Å². The molecule has 0 aliphatic carbocycles. The molecule has 0 unspecified atom stereocenters. The molecular weight excluding hydrogens is 302 g/mol. The van der Waals surface area contributed by atoms with E-state index in [4.69, 9.17) is 9.94 Å². The number of oxime groups is 1. The predicted molar refractivity (Wildman–Crippen MR) is 96.9 cm³/mol. The zero-order chi connectivity index (χ0) is 17.2. The number of rotatable bonds is 8. The van der Waals surface area contributed by atoms with Crippen LogP contribution >= 0.6 is 0 Å². The van der Waals surface area contributed by atoms with E-state index in [1.165, 1.54) is 12.7 Å². The molecule has 0 bridgehead atoms. The smallest absolute Gasteiger partial charge is 0.160 e. The van der Waals surface area contributed by atoms with Gasteiger partial charge in [0, 0.05) is 0 Å². The van der Waals surface area contributed by atoms with E-state index in [1.54, 1.807) is 18.2 Å². The van der Waals surface area contributed by atoms with Gasteiger partial charge in [0.05, 0.1) is 12.8 Å². The molecule has 0 heterocycles.